The van der Waals surface area contributed by atoms with Gasteiger partial charge in [-0.15, -0.1) is 11.3 Å². The third-order valence-corrected chi connectivity index (χ3v) is 7.43. The molecule has 4 aromatic rings. The molecule has 0 spiro atoms. The maximum Gasteiger partial charge on any atom is 0.304 e. The Morgan fingerprint density at radius 1 is 1.20 bits per heavy atom. The first-order valence-electron chi connectivity index (χ1n) is 11.5. The molecule has 0 radical (unpaired) electrons. The van der Waals surface area contributed by atoms with E-state index in [0.717, 1.165) is 26.4 Å². The van der Waals surface area contributed by atoms with Gasteiger partial charge in [0.1, 0.15) is 34.9 Å². The predicted molar refractivity (Wildman–Crippen MR) is 129 cm³/mol. The molecule has 35 heavy (non-hydrogen) atoms. The quantitative estimate of drug-likeness (QED) is 0.329. The van der Waals surface area contributed by atoms with Crippen LogP contribution < -0.4 is 14.2 Å². The van der Waals surface area contributed by atoms with E-state index in [1.807, 2.05) is 31.2 Å². The van der Waals surface area contributed by atoms with E-state index in [1.165, 1.54) is 6.07 Å². The number of thiazole rings is 1. The summed E-state index contributed by atoms with van der Waals surface area (Å²) >= 11 is 1.61. The molecule has 0 bridgehead atoms. The molecule has 6 rings (SSSR count). The number of aryl methyl sites for hydroxylation is 1. The lowest BCUT2D eigenvalue weighted by molar-refractivity contribution is -0.137. The van der Waals surface area contributed by atoms with Crippen LogP contribution in [0.5, 0.6) is 23.0 Å². The first kappa shape index (κ1) is 21.9. The van der Waals surface area contributed by atoms with Crippen LogP contribution in [0.3, 0.4) is 0 Å². The first-order chi connectivity index (χ1) is 16.9. The van der Waals surface area contributed by atoms with Gasteiger partial charge in [0.25, 0.3) is 0 Å². The molecule has 0 fully saturated rings. The van der Waals surface area contributed by atoms with Crippen molar-refractivity contribution in [1.29, 1.82) is 0 Å². The lowest BCUT2D eigenvalue weighted by Crippen LogP contribution is -2.07. The Balaban J connectivity index is 1.24. The molecule has 2 aliphatic rings. The molecule has 1 aliphatic carbocycles. The molecule has 1 N–H and O–H groups in total. The maximum atomic E-state index is 14.9. The molecular formula is C27H22FNO5S. The number of hydrogen-bond acceptors (Lipinski definition) is 6. The smallest absolute Gasteiger partial charge is 0.304 e. The fourth-order valence-corrected chi connectivity index (χ4v) is 5.80. The summed E-state index contributed by atoms with van der Waals surface area (Å²) in [6.07, 6.45) is 0.831. The molecule has 8 heteroatoms. The average Bonchev–Trinajstić information content (AvgIpc) is 3.52. The fourth-order valence-electron chi connectivity index (χ4n) is 4.94. The van der Waals surface area contributed by atoms with Gasteiger partial charge in [-0.1, -0.05) is 6.07 Å². The van der Waals surface area contributed by atoms with Crippen molar-refractivity contribution in [3.8, 4) is 23.0 Å². The molecule has 0 saturated heterocycles. The van der Waals surface area contributed by atoms with E-state index >= 15 is 0 Å². The summed E-state index contributed by atoms with van der Waals surface area (Å²) in [4.78, 5) is 15.6. The van der Waals surface area contributed by atoms with Crippen molar-refractivity contribution in [3.63, 3.8) is 0 Å². The van der Waals surface area contributed by atoms with Gasteiger partial charge in [-0.2, -0.15) is 0 Å². The van der Waals surface area contributed by atoms with Gasteiger partial charge in [0.2, 0.25) is 0 Å². The third-order valence-electron chi connectivity index (χ3n) is 6.50. The summed E-state index contributed by atoms with van der Waals surface area (Å²) in [5.74, 6) is 1.15. The normalized spacial score (nSPS) is 18.2. The second kappa shape index (κ2) is 8.53. The van der Waals surface area contributed by atoms with Crippen LogP contribution in [-0.4, -0.2) is 22.7 Å². The van der Waals surface area contributed by atoms with Crippen LogP contribution in [0, 0.1) is 12.7 Å². The molecule has 178 valence electrons. The Morgan fingerprint density at radius 2 is 2.06 bits per heavy atom. The number of aliphatic carboxylic acids is 1. The zero-order valence-electron chi connectivity index (χ0n) is 18.9. The van der Waals surface area contributed by atoms with E-state index < -0.39 is 12.1 Å². The van der Waals surface area contributed by atoms with Crippen molar-refractivity contribution in [2.75, 3.05) is 6.61 Å². The maximum absolute atomic E-state index is 14.9. The summed E-state index contributed by atoms with van der Waals surface area (Å²) in [6, 6.07) is 14.3. The van der Waals surface area contributed by atoms with Crippen molar-refractivity contribution in [3.05, 3.63) is 76.0 Å². The lowest BCUT2D eigenvalue weighted by atomic mass is 9.98. The van der Waals surface area contributed by atoms with Crippen molar-refractivity contribution in [2.45, 2.75) is 38.2 Å². The zero-order valence-corrected chi connectivity index (χ0v) is 19.7. The highest BCUT2D eigenvalue weighted by molar-refractivity contribution is 7.18. The van der Waals surface area contributed by atoms with Crippen molar-refractivity contribution in [2.24, 2.45) is 0 Å². The molecule has 1 unspecified atom stereocenters. The van der Waals surface area contributed by atoms with Gasteiger partial charge in [-0.3, -0.25) is 4.79 Å². The van der Waals surface area contributed by atoms with Gasteiger partial charge in [-0.05, 0) is 50.1 Å². The third kappa shape index (κ3) is 4.08. The van der Waals surface area contributed by atoms with Crippen LogP contribution >= 0.6 is 11.3 Å². The van der Waals surface area contributed by atoms with Crippen molar-refractivity contribution in [1.82, 2.24) is 4.98 Å². The summed E-state index contributed by atoms with van der Waals surface area (Å²) < 4.78 is 34.1. The Labute approximate surface area is 204 Å². The number of carboxylic acids is 1. The van der Waals surface area contributed by atoms with Crippen LogP contribution in [0.1, 0.15) is 46.6 Å². The minimum absolute atomic E-state index is 0.0206. The Bertz CT molecular complexity index is 1470. The Hall–Kier alpha value is -3.65. The van der Waals surface area contributed by atoms with Crippen LogP contribution in [0.4, 0.5) is 4.39 Å². The minimum atomic E-state index is -0.857. The summed E-state index contributed by atoms with van der Waals surface area (Å²) in [6.45, 7) is 2.30. The summed E-state index contributed by atoms with van der Waals surface area (Å²) in [7, 11) is 0. The summed E-state index contributed by atoms with van der Waals surface area (Å²) in [5.41, 5.74) is 3.13. The zero-order chi connectivity index (χ0) is 24.1. The summed E-state index contributed by atoms with van der Waals surface area (Å²) in [5, 5.41) is 10.1. The molecule has 2 atom stereocenters. The highest BCUT2D eigenvalue weighted by Crippen LogP contribution is 2.44. The molecule has 0 amide bonds. The fraction of sp³-hybridized carbons (Fsp3) is 0.259. The first-order valence-corrected chi connectivity index (χ1v) is 12.3. The second-order valence-corrected chi connectivity index (χ2v) is 10.1. The number of nitrogens with zero attached hydrogens (tertiary/aromatic N) is 1. The predicted octanol–water partition coefficient (Wildman–Crippen LogP) is 6.55. The number of rotatable bonds is 6. The van der Waals surface area contributed by atoms with E-state index in [-0.39, 0.29) is 18.2 Å². The monoisotopic (exact) mass is 491 g/mol. The van der Waals surface area contributed by atoms with E-state index in [1.54, 1.807) is 29.5 Å². The number of fused-ring (bicyclic) bond motifs is 3. The van der Waals surface area contributed by atoms with Crippen LogP contribution in [0.15, 0.2) is 48.5 Å². The van der Waals surface area contributed by atoms with Gasteiger partial charge < -0.3 is 19.3 Å². The molecule has 2 heterocycles. The SMILES string of the molecule is Cc1nc2ccc(Oc3ccc(F)c4c3CC[C@H]4Oc3ccc4c(c3)OCC4CC(=O)O)cc2s1. The average molecular weight is 492 g/mol. The second-order valence-electron chi connectivity index (χ2n) is 8.85. The highest BCUT2D eigenvalue weighted by atomic mass is 32.1. The number of carboxylic acid groups (broad SMARTS) is 1. The van der Waals surface area contributed by atoms with E-state index in [2.05, 4.69) is 4.98 Å². The highest BCUT2D eigenvalue weighted by Gasteiger charge is 2.32. The van der Waals surface area contributed by atoms with Gasteiger partial charge in [-0.25, -0.2) is 9.37 Å². The van der Waals surface area contributed by atoms with E-state index in [0.29, 0.717) is 48.0 Å². The number of ether oxygens (including phenoxy) is 3. The standard InChI is InChI=1S/C27H22FNO5S/c1-14-29-21-7-3-17(12-25(21)35-14)33-22-9-6-20(28)27-19(22)5-8-23(27)34-16-2-4-18-15(10-26(30)31)13-32-24(18)11-16/h2-4,6-7,9,11-12,15,23H,5,8,10,13H2,1H3,(H,30,31)/t15?,23-/m1/s1. The molecular weight excluding hydrogens is 469 g/mol. The number of aromatic nitrogens is 1. The van der Waals surface area contributed by atoms with Crippen molar-refractivity contribution < 1.29 is 28.5 Å². The molecule has 3 aromatic carbocycles. The minimum Gasteiger partial charge on any atom is -0.492 e. The van der Waals surface area contributed by atoms with Crippen LogP contribution in [-0.2, 0) is 11.2 Å². The van der Waals surface area contributed by atoms with Gasteiger partial charge >= 0.3 is 5.97 Å². The van der Waals surface area contributed by atoms with E-state index in [9.17, 15) is 9.18 Å². The van der Waals surface area contributed by atoms with Crippen LogP contribution in [0.2, 0.25) is 0 Å². The van der Waals surface area contributed by atoms with Crippen LogP contribution in [0.25, 0.3) is 10.2 Å². The molecule has 0 saturated carbocycles. The molecule has 1 aromatic heterocycles. The topological polar surface area (TPSA) is 77.9 Å². The Morgan fingerprint density at radius 3 is 2.91 bits per heavy atom. The largest absolute Gasteiger partial charge is 0.492 e. The van der Waals surface area contributed by atoms with E-state index in [4.69, 9.17) is 19.3 Å². The molecule has 1 aliphatic heterocycles. The number of halogens is 1. The van der Waals surface area contributed by atoms with Gasteiger partial charge in [0.05, 0.1) is 28.3 Å². The van der Waals surface area contributed by atoms with Gasteiger partial charge in [0, 0.05) is 34.7 Å². The van der Waals surface area contributed by atoms with Crippen molar-refractivity contribution >= 4 is 27.5 Å². The number of hydrogen-bond donors (Lipinski definition) is 1. The number of benzene rings is 3. The number of carbonyl (C=O) groups is 1. The molecule has 6 nitrogen and oxygen atoms in total. The Kier molecular flexibility index (Phi) is 5.33. The lowest BCUT2D eigenvalue weighted by Gasteiger charge is -2.17. The van der Waals surface area contributed by atoms with Gasteiger partial charge in [0.15, 0.2) is 0 Å².